The second-order valence-electron chi connectivity index (χ2n) is 5.65. The molecule has 9 heteroatoms. The van der Waals surface area contributed by atoms with Gasteiger partial charge in [-0.3, -0.25) is 4.68 Å². The van der Waals surface area contributed by atoms with Crippen LogP contribution < -0.4 is 0 Å². The van der Waals surface area contributed by atoms with Gasteiger partial charge in [0.1, 0.15) is 14.7 Å². The molecule has 2 unspecified atom stereocenters. The molecular weight excluding hydrogens is 336 g/mol. The standard InChI is InChI=1S/C12H19ClN2O4S2/c1-8-12(21(13,18)19)9(2)15(14-8)10-5-4-6-11(7-10)20(3,16)17/h10-11H,4-7H2,1-3H3. The Morgan fingerprint density at radius 1 is 1.19 bits per heavy atom. The molecule has 1 aliphatic rings. The van der Waals surface area contributed by atoms with Crippen LogP contribution in [0.3, 0.4) is 0 Å². The van der Waals surface area contributed by atoms with Gasteiger partial charge in [-0.05, 0) is 33.1 Å². The Labute approximate surface area is 129 Å². The van der Waals surface area contributed by atoms with Gasteiger partial charge in [-0.2, -0.15) is 5.10 Å². The van der Waals surface area contributed by atoms with E-state index in [9.17, 15) is 16.8 Å². The first kappa shape index (κ1) is 16.8. The molecule has 2 atom stereocenters. The summed E-state index contributed by atoms with van der Waals surface area (Å²) in [7, 11) is -1.50. The molecule has 1 aliphatic carbocycles. The quantitative estimate of drug-likeness (QED) is 0.774. The monoisotopic (exact) mass is 354 g/mol. The van der Waals surface area contributed by atoms with Crippen molar-refractivity contribution in [1.29, 1.82) is 0 Å². The normalized spacial score (nSPS) is 24.2. The predicted octanol–water partition coefficient (Wildman–Crippen LogP) is 1.96. The van der Waals surface area contributed by atoms with E-state index in [0.29, 0.717) is 24.2 Å². The Balaban J connectivity index is 2.40. The Morgan fingerprint density at radius 2 is 1.81 bits per heavy atom. The van der Waals surface area contributed by atoms with Crippen LogP contribution in [0.1, 0.15) is 43.1 Å². The van der Waals surface area contributed by atoms with Crippen LogP contribution in [-0.2, 0) is 18.9 Å². The Kier molecular flexibility index (Phi) is 4.43. The first-order valence-corrected chi connectivity index (χ1v) is 11.0. The molecule has 120 valence electrons. The van der Waals surface area contributed by atoms with Gasteiger partial charge in [0, 0.05) is 16.9 Å². The predicted molar refractivity (Wildman–Crippen MR) is 80.9 cm³/mol. The third kappa shape index (κ3) is 3.43. The lowest BCUT2D eigenvalue weighted by Gasteiger charge is -2.29. The van der Waals surface area contributed by atoms with E-state index in [0.717, 1.165) is 12.8 Å². The van der Waals surface area contributed by atoms with Crippen molar-refractivity contribution in [3.05, 3.63) is 11.4 Å². The highest BCUT2D eigenvalue weighted by Crippen LogP contribution is 2.34. The number of sulfone groups is 1. The molecule has 0 saturated heterocycles. The molecular formula is C12H19ClN2O4S2. The maximum Gasteiger partial charge on any atom is 0.264 e. The highest BCUT2D eigenvalue weighted by Gasteiger charge is 2.32. The van der Waals surface area contributed by atoms with E-state index >= 15 is 0 Å². The van der Waals surface area contributed by atoms with Crippen LogP contribution in [0.15, 0.2) is 4.90 Å². The molecule has 0 bridgehead atoms. The van der Waals surface area contributed by atoms with Crippen LogP contribution in [0.25, 0.3) is 0 Å². The zero-order valence-electron chi connectivity index (χ0n) is 12.2. The molecule has 0 aromatic carbocycles. The fourth-order valence-electron chi connectivity index (χ4n) is 3.09. The lowest BCUT2D eigenvalue weighted by atomic mass is 9.95. The summed E-state index contributed by atoms with van der Waals surface area (Å²) in [6.45, 7) is 3.24. The van der Waals surface area contributed by atoms with Crippen molar-refractivity contribution in [2.24, 2.45) is 0 Å². The van der Waals surface area contributed by atoms with Gasteiger partial charge in [-0.25, -0.2) is 16.8 Å². The van der Waals surface area contributed by atoms with Crippen molar-refractivity contribution < 1.29 is 16.8 Å². The summed E-state index contributed by atoms with van der Waals surface area (Å²) in [5.74, 6) is 0. The first-order chi connectivity index (χ1) is 9.51. The number of aromatic nitrogens is 2. The molecule has 1 heterocycles. The second-order valence-corrected chi connectivity index (χ2v) is 10.5. The van der Waals surface area contributed by atoms with Crippen molar-refractivity contribution in [3.8, 4) is 0 Å². The topological polar surface area (TPSA) is 86.1 Å². The molecule has 21 heavy (non-hydrogen) atoms. The molecule has 1 saturated carbocycles. The summed E-state index contributed by atoms with van der Waals surface area (Å²) in [5, 5.41) is 3.88. The summed E-state index contributed by atoms with van der Waals surface area (Å²) >= 11 is 0. The van der Waals surface area contributed by atoms with E-state index in [1.807, 2.05) is 0 Å². The summed E-state index contributed by atoms with van der Waals surface area (Å²) < 4.78 is 48.3. The van der Waals surface area contributed by atoms with Crippen molar-refractivity contribution in [2.75, 3.05) is 6.26 Å². The van der Waals surface area contributed by atoms with Crippen LogP contribution >= 0.6 is 10.7 Å². The van der Waals surface area contributed by atoms with E-state index in [2.05, 4.69) is 5.10 Å². The molecule has 0 aliphatic heterocycles. The van der Waals surface area contributed by atoms with Crippen molar-refractivity contribution in [3.63, 3.8) is 0 Å². The molecule has 2 rings (SSSR count). The van der Waals surface area contributed by atoms with Gasteiger partial charge in [-0.15, -0.1) is 0 Å². The number of hydrogen-bond acceptors (Lipinski definition) is 5. The summed E-state index contributed by atoms with van der Waals surface area (Å²) in [6, 6.07) is -0.107. The summed E-state index contributed by atoms with van der Waals surface area (Å²) in [4.78, 5) is 0.0330. The SMILES string of the molecule is Cc1nn(C2CCCC(S(C)(=O)=O)C2)c(C)c1S(=O)(=O)Cl. The zero-order valence-corrected chi connectivity index (χ0v) is 14.6. The third-order valence-electron chi connectivity index (χ3n) is 4.05. The van der Waals surface area contributed by atoms with E-state index < -0.39 is 24.1 Å². The van der Waals surface area contributed by atoms with Gasteiger partial charge in [0.15, 0.2) is 0 Å². The molecule has 1 fully saturated rings. The largest absolute Gasteiger partial charge is 0.265 e. The molecule has 1 aromatic heterocycles. The minimum Gasteiger partial charge on any atom is -0.265 e. The van der Waals surface area contributed by atoms with Gasteiger partial charge in [0.25, 0.3) is 9.05 Å². The van der Waals surface area contributed by atoms with Gasteiger partial charge >= 0.3 is 0 Å². The van der Waals surface area contributed by atoms with Crippen LogP contribution in [0.4, 0.5) is 0 Å². The molecule has 0 amide bonds. The van der Waals surface area contributed by atoms with Crippen LogP contribution in [0.5, 0.6) is 0 Å². The van der Waals surface area contributed by atoms with Gasteiger partial charge < -0.3 is 0 Å². The minimum atomic E-state index is -3.85. The Morgan fingerprint density at radius 3 is 2.29 bits per heavy atom. The van der Waals surface area contributed by atoms with Crippen molar-refractivity contribution in [1.82, 2.24) is 9.78 Å². The first-order valence-electron chi connectivity index (χ1n) is 6.71. The average Bonchev–Trinajstić information content (AvgIpc) is 2.63. The smallest absolute Gasteiger partial charge is 0.264 e. The number of rotatable bonds is 3. The third-order valence-corrected chi connectivity index (χ3v) is 7.23. The van der Waals surface area contributed by atoms with Crippen LogP contribution in [-0.4, -0.2) is 38.1 Å². The number of nitrogens with zero attached hydrogens (tertiary/aromatic N) is 2. The average molecular weight is 355 g/mol. The summed E-state index contributed by atoms with van der Waals surface area (Å²) in [5.41, 5.74) is 0.825. The maximum atomic E-state index is 11.7. The molecule has 0 radical (unpaired) electrons. The zero-order chi connectivity index (χ0) is 16.0. The van der Waals surface area contributed by atoms with Crippen LogP contribution in [0, 0.1) is 13.8 Å². The fraction of sp³-hybridized carbons (Fsp3) is 0.750. The lowest BCUT2D eigenvalue weighted by molar-refractivity contribution is 0.323. The van der Waals surface area contributed by atoms with Gasteiger partial charge in [0.05, 0.1) is 22.7 Å². The second kappa shape index (κ2) is 5.55. The van der Waals surface area contributed by atoms with E-state index in [4.69, 9.17) is 10.7 Å². The number of hydrogen-bond donors (Lipinski definition) is 0. The lowest BCUT2D eigenvalue weighted by Crippen LogP contribution is -2.29. The summed E-state index contributed by atoms with van der Waals surface area (Å²) in [6.07, 6.45) is 3.92. The maximum absolute atomic E-state index is 11.7. The molecule has 0 spiro atoms. The molecule has 6 nitrogen and oxygen atoms in total. The highest BCUT2D eigenvalue weighted by molar-refractivity contribution is 8.13. The van der Waals surface area contributed by atoms with Crippen molar-refractivity contribution >= 4 is 29.6 Å². The number of aryl methyl sites for hydroxylation is 1. The van der Waals surface area contributed by atoms with E-state index in [-0.39, 0.29) is 10.9 Å². The van der Waals surface area contributed by atoms with E-state index in [1.54, 1.807) is 18.5 Å². The highest BCUT2D eigenvalue weighted by atomic mass is 35.7. The fourth-order valence-corrected chi connectivity index (χ4v) is 5.76. The Bertz CT molecular complexity index is 752. The Hall–Kier alpha value is -0.600. The number of halogens is 1. The van der Waals surface area contributed by atoms with Crippen LogP contribution in [0.2, 0.25) is 0 Å². The van der Waals surface area contributed by atoms with Crippen molar-refractivity contribution in [2.45, 2.75) is 55.7 Å². The molecule has 0 N–H and O–H groups in total. The van der Waals surface area contributed by atoms with E-state index in [1.165, 1.54) is 6.26 Å². The minimum absolute atomic E-state index is 0.0330. The van der Waals surface area contributed by atoms with Gasteiger partial charge in [-0.1, -0.05) is 6.42 Å². The van der Waals surface area contributed by atoms with Gasteiger partial charge in [0.2, 0.25) is 0 Å². The molecule has 1 aromatic rings.